The van der Waals surface area contributed by atoms with E-state index in [0.717, 1.165) is 19.4 Å². The number of hydrogen-bond donors (Lipinski definition) is 1. The van der Waals surface area contributed by atoms with Crippen LogP contribution in [-0.4, -0.2) is 16.3 Å². The molecule has 3 nitrogen and oxygen atoms in total. The third kappa shape index (κ3) is 2.03. The number of fused-ring (bicyclic) bond motifs is 1. The monoisotopic (exact) mass is 201 g/mol. The van der Waals surface area contributed by atoms with Crippen LogP contribution in [-0.2, 0) is 19.9 Å². The topological polar surface area (TPSA) is 43.8 Å². The van der Waals surface area contributed by atoms with Gasteiger partial charge in [-0.15, -0.1) is 12.4 Å². The van der Waals surface area contributed by atoms with Gasteiger partial charge in [-0.2, -0.15) is 5.10 Å². The average Bonchev–Trinajstić information content (AvgIpc) is 2.43. The standard InChI is InChI=1S/C9H15N3.ClH/c1-12-6-8-4-7(5-10)2-3-9(8)11-12;/h6-7H,2-5,10H2,1H3;1H. The Kier molecular flexibility index (Phi) is 3.33. The summed E-state index contributed by atoms with van der Waals surface area (Å²) in [6, 6.07) is 0. The number of nitrogens with zero attached hydrogens (tertiary/aromatic N) is 2. The molecule has 1 aliphatic carbocycles. The van der Waals surface area contributed by atoms with Crippen LogP contribution in [0.3, 0.4) is 0 Å². The van der Waals surface area contributed by atoms with Crippen molar-refractivity contribution in [1.29, 1.82) is 0 Å². The highest BCUT2D eigenvalue weighted by Gasteiger charge is 2.19. The maximum Gasteiger partial charge on any atom is 0.0656 e. The third-order valence-corrected chi connectivity index (χ3v) is 2.62. The van der Waals surface area contributed by atoms with Crippen molar-refractivity contribution < 1.29 is 0 Å². The summed E-state index contributed by atoms with van der Waals surface area (Å²) in [5.74, 6) is 0.682. The molecular formula is C9H16ClN3. The van der Waals surface area contributed by atoms with E-state index in [-0.39, 0.29) is 12.4 Å². The van der Waals surface area contributed by atoms with Gasteiger partial charge >= 0.3 is 0 Å². The quantitative estimate of drug-likeness (QED) is 0.734. The van der Waals surface area contributed by atoms with Crippen molar-refractivity contribution in [3.63, 3.8) is 0 Å². The number of aromatic nitrogens is 2. The molecule has 13 heavy (non-hydrogen) atoms. The summed E-state index contributed by atoms with van der Waals surface area (Å²) in [5, 5.41) is 4.40. The molecule has 0 aliphatic heterocycles. The van der Waals surface area contributed by atoms with Crippen LogP contribution in [0.25, 0.3) is 0 Å². The fourth-order valence-corrected chi connectivity index (χ4v) is 1.92. The zero-order valence-electron chi connectivity index (χ0n) is 7.86. The zero-order valence-corrected chi connectivity index (χ0v) is 8.68. The van der Waals surface area contributed by atoms with Crippen LogP contribution in [0.5, 0.6) is 0 Å². The normalized spacial score (nSPS) is 20.6. The molecule has 0 radical (unpaired) electrons. The molecule has 0 spiro atoms. The van der Waals surface area contributed by atoms with Gasteiger partial charge in [-0.3, -0.25) is 4.68 Å². The molecule has 74 valence electrons. The molecule has 2 rings (SSSR count). The van der Waals surface area contributed by atoms with E-state index in [4.69, 9.17) is 5.73 Å². The Labute approximate surface area is 84.7 Å². The van der Waals surface area contributed by atoms with Crippen LogP contribution < -0.4 is 5.73 Å². The molecule has 0 amide bonds. The first-order chi connectivity index (χ1) is 5.79. The van der Waals surface area contributed by atoms with Gasteiger partial charge in [-0.25, -0.2) is 0 Å². The molecular weight excluding hydrogens is 186 g/mol. The maximum atomic E-state index is 5.64. The zero-order chi connectivity index (χ0) is 8.55. The van der Waals surface area contributed by atoms with Crippen LogP contribution in [0.4, 0.5) is 0 Å². The van der Waals surface area contributed by atoms with Crippen LogP contribution in [0, 0.1) is 5.92 Å². The smallest absolute Gasteiger partial charge is 0.0656 e. The second-order valence-electron chi connectivity index (χ2n) is 3.62. The van der Waals surface area contributed by atoms with E-state index in [1.807, 2.05) is 11.7 Å². The SMILES string of the molecule is Cl.Cn1cc2c(n1)CCC(CN)C2. The molecule has 4 heteroatoms. The summed E-state index contributed by atoms with van der Waals surface area (Å²) in [4.78, 5) is 0. The number of aryl methyl sites for hydroxylation is 2. The van der Waals surface area contributed by atoms with E-state index in [1.165, 1.54) is 17.7 Å². The number of hydrogen-bond acceptors (Lipinski definition) is 2. The molecule has 1 aromatic heterocycles. The molecule has 1 unspecified atom stereocenters. The van der Waals surface area contributed by atoms with Crippen molar-refractivity contribution in [2.24, 2.45) is 18.7 Å². The highest BCUT2D eigenvalue weighted by Crippen LogP contribution is 2.23. The summed E-state index contributed by atoms with van der Waals surface area (Å²) < 4.78 is 1.91. The minimum Gasteiger partial charge on any atom is -0.330 e. The first-order valence-electron chi connectivity index (χ1n) is 4.51. The summed E-state index contributed by atoms with van der Waals surface area (Å²) in [7, 11) is 1.98. The largest absolute Gasteiger partial charge is 0.330 e. The van der Waals surface area contributed by atoms with Crippen molar-refractivity contribution in [1.82, 2.24) is 9.78 Å². The third-order valence-electron chi connectivity index (χ3n) is 2.62. The lowest BCUT2D eigenvalue weighted by atomic mass is 9.88. The van der Waals surface area contributed by atoms with Gasteiger partial charge in [0.05, 0.1) is 5.69 Å². The highest BCUT2D eigenvalue weighted by atomic mass is 35.5. The molecule has 1 aliphatic rings. The van der Waals surface area contributed by atoms with E-state index in [1.54, 1.807) is 0 Å². The minimum atomic E-state index is 0. The van der Waals surface area contributed by atoms with Crippen LogP contribution in [0.1, 0.15) is 17.7 Å². The van der Waals surface area contributed by atoms with Gasteiger partial charge < -0.3 is 5.73 Å². The Morgan fingerprint density at radius 2 is 2.46 bits per heavy atom. The summed E-state index contributed by atoms with van der Waals surface area (Å²) in [6.45, 7) is 0.814. The lowest BCUT2D eigenvalue weighted by molar-refractivity contribution is 0.466. The maximum absolute atomic E-state index is 5.64. The highest BCUT2D eigenvalue weighted by molar-refractivity contribution is 5.85. The molecule has 1 heterocycles. The summed E-state index contributed by atoms with van der Waals surface area (Å²) in [6.07, 6.45) is 5.56. The van der Waals surface area contributed by atoms with Crippen molar-refractivity contribution in [3.05, 3.63) is 17.5 Å². The van der Waals surface area contributed by atoms with Crippen molar-refractivity contribution >= 4 is 12.4 Å². The number of nitrogens with two attached hydrogens (primary N) is 1. The fraction of sp³-hybridized carbons (Fsp3) is 0.667. The molecule has 0 bridgehead atoms. The first-order valence-corrected chi connectivity index (χ1v) is 4.51. The van der Waals surface area contributed by atoms with E-state index in [0.29, 0.717) is 5.92 Å². The second-order valence-corrected chi connectivity index (χ2v) is 3.62. The van der Waals surface area contributed by atoms with Gasteiger partial charge in [0.1, 0.15) is 0 Å². The molecule has 1 atom stereocenters. The molecule has 0 saturated carbocycles. The van der Waals surface area contributed by atoms with Gasteiger partial charge in [0, 0.05) is 13.2 Å². The van der Waals surface area contributed by atoms with Crippen LogP contribution in [0.15, 0.2) is 6.20 Å². The van der Waals surface area contributed by atoms with Crippen molar-refractivity contribution in [3.8, 4) is 0 Å². The lowest BCUT2D eigenvalue weighted by Gasteiger charge is -2.18. The summed E-state index contributed by atoms with van der Waals surface area (Å²) >= 11 is 0. The van der Waals surface area contributed by atoms with Crippen LogP contribution >= 0.6 is 12.4 Å². The van der Waals surface area contributed by atoms with Gasteiger partial charge in [0.2, 0.25) is 0 Å². The first kappa shape index (κ1) is 10.5. The Bertz CT molecular complexity index is 282. The van der Waals surface area contributed by atoms with Crippen molar-refractivity contribution in [2.45, 2.75) is 19.3 Å². The second kappa shape index (κ2) is 4.11. The molecule has 2 N–H and O–H groups in total. The van der Waals surface area contributed by atoms with E-state index in [2.05, 4.69) is 11.3 Å². The molecule has 0 saturated heterocycles. The number of rotatable bonds is 1. The van der Waals surface area contributed by atoms with Gasteiger partial charge in [-0.1, -0.05) is 0 Å². The Hall–Kier alpha value is -0.540. The van der Waals surface area contributed by atoms with Crippen LogP contribution in [0.2, 0.25) is 0 Å². The van der Waals surface area contributed by atoms with Crippen molar-refractivity contribution in [2.75, 3.05) is 6.54 Å². The average molecular weight is 202 g/mol. The molecule has 0 aromatic carbocycles. The molecule has 0 fully saturated rings. The van der Waals surface area contributed by atoms with Gasteiger partial charge in [-0.05, 0) is 37.3 Å². The molecule has 1 aromatic rings. The Morgan fingerprint density at radius 1 is 1.69 bits per heavy atom. The van der Waals surface area contributed by atoms with E-state index in [9.17, 15) is 0 Å². The van der Waals surface area contributed by atoms with Gasteiger partial charge in [0.15, 0.2) is 0 Å². The minimum absolute atomic E-state index is 0. The fourth-order valence-electron chi connectivity index (χ4n) is 1.92. The summed E-state index contributed by atoms with van der Waals surface area (Å²) in [5.41, 5.74) is 8.32. The lowest BCUT2D eigenvalue weighted by Crippen LogP contribution is -2.21. The predicted molar refractivity (Wildman–Crippen MR) is 55.0 cm³/mol. The Morgan fingerprint density at radius 3 is 3.15 bits per heavy atom. The van der Waals surface area contributed by atoms with E-state index >= 15 is 0 Å². The van der Waals surface area contributed by atoms with E-state index < -0.39 is 0 Å². The predicted octanol–water partition coefficient (Wildman–Crippen LogP) is 0.906. The number of halogens is 1. The van der Waals surface area contributed by atoms with Gasteiger partial charge in [0.25, 0.3) is 0 Å². The Balaban J connectivity index is 0.000000845.